The van der Waals surface area contributed by atoms with Gasteiger partial charge in [-0.1, -0.05) is 41.9 Å². The lowest BCUT2D eigenvalue weighted by Crippen LogP contribution is -2.23. The smallest absolute Gasteiger partial charge is 0.282 e. The highest BCUT2D eigenvalue weighted by molar-refractivity contribution is 9.13. The van der Waals surface area contributed by atoms with Crippen molar-refractivity contribution in [2.24, 2.45) is 5.10 Å². The van der Waals surface area contributed by atoms with Crippen LogP contribution in [0.15, 0.2) is 71.8 Å². The number of para-hydroxylation sites is 1. The van der Waals surface area contributed by atoms with Crippen LogP contribution in [0.3, 0.4) is 0 Å². The second kappa shape index (κ2) is 13.0. The van der Waals surface area contributed by atoms with Crippen molar-refractivity contribution in [2.75, 3.05) is 18.5 Å². The number of nitrogens with zero attached hydrogens (tertiary/aromatic N) is 3. The maximum absolute atomic E-state index is 13.9. The summed E-state index contributed by atoms with van der Waals surface area (Å²) in [5.41, 5.74) is 0.924. The molecule has 8 nitrogen and oxygen atoms in total. The lowest BCUT2D eigenvalue weighted by molar-refractivity contribution is -0.118. The largest absolute Gasteiger partial charge is 0.490 e. The van der Waals surface area contributed by atoms with Gasteiger partial charge in [-0.25, -0.2) is 9.37 Å². The fourth-order valence-electron chi connectivity index (χ4n) is 3.75. The summed E-state index contributed by atoms with van der Waals surface area (Å²) in [5, 5.41) is 7.41. The maximum Gasteiger partial charge on any atom is 0.282 e. The van der Waals surface area contributed by atoms with E-state index in [-0.39, 0.29) is 22.9 Å². The molecular weight excluding hydrogens is 715 g/mol. The second-order valence-corrected chi connectivity index (χ2v) is 11.3. The number of halogens is 4. The summed E-state index contributed by atoms with van der Waals surface area (Å²) in [4.78, 5) is 30.5. The Morgan fingerprint density at radius 2 is 1.88 bits per heavy atom. The van der Waals surface area contributed by atoms with Gasteiger partial charge in [0.15, 0.2) is 18.1 Å². The maximum atomic E-state index is 13.9. The molecule has 0 aliphatic rings. The summed E-state index contributed by atoms with van der Waals surface area (Å²) in [6.07, 6.45) is 1.52. The van der Waals surface area contributed by atoms with Crippen molar-refractivity contribution in [2.45, 2.75) is 26.7 Å². The number of benzene rings is 3. The van der Waals surface area contributed by atoms with E-state index in [1.165, 1.54) is 29.1 Å². The molecule has 1 N–H and O–H groups in total. The molecule has 208 valence electrons. The van der Waals surface area contributed by atoms with E-state index in [1.807, 2.05) is 26.8 Å². The molecule has 0 radical (unpaired) electrons. The third-order valence-electron chi connectivity index (χ3n) is 5.61. The van der Waals surface area contributed by atoms with Crippen LogP contribution in [0.25, 0.3) is 10.9 Å². The van der Waals surface area contributed by atoms with Gasteiger partial charge < -0.3 is 14.8 Å². The fraction of sp³-hybridized carbons (Fsp3) is 0.214. The average molecular weight is 739 g/mol. The van der Waals surface area contributed by atoms with Crippen molar-refractivity contribution < 1.29 is 18.7 Å². The third-order valence-corrected chi connectivity index (χ3v) is 8.25. The van der Waals surface area contributed by atoms with E-state index in [0.717, 1.165) is 4.47 Å². The Kier molecular flexibility index (Phi) is 9.75. The van der Waals surface area contributed by atoms with Gasteiger partial charge in [0.05, 0.1) is 33.9 Å². The zero-order valence-electron chi connectivity index (χ0n) is 21.7. The highest BCUT2D eigenvalue weighted by Crippen LogP contribution is 2.42. The molecule has 4 aromatic rings. The van der Waals surface area contributed by atoms with Crippen LogP contribution < -0.4 is 20.3 Å². The van der Waals surface area contributed by atoms with E-state index in [1.54, 1.807) is 24.3 Å². The Morgan fingerprint density at radius 1 is 1.12 bits per heavy atom. The topological polar surface area (TPSA) is 94.8 Å². The number of ether oxygens (including phenoxy) is 2. The number of carbonyl (C=O) groups is 1. The predicted molar refractivity (Wildman–Crippen MR) is 164 cm³/mol. The van der Waals surface area contributed by atoms with Crippen molar-refractivity contribution >= 4 is 76.5 Å². The summed E-state index contributed by atoms with van der Waals surface area (Å²) in [5.74, 6) is -0.0402. The van der Waals surface area contributed by atoms with Crippen LogP contribution in [0.2, 0.25) is 0 Å². The zero-order chi connectivity index (χ0) is 29.0. The molecule has 0 bridgehead atoms. The first-order chi connectivity index (χ1) is 19.1. The van der Waals surface area contributed by atoms with Gasteiger partial charge in [0.2, 0.25) is 0 Å². The molecule has 0 unspecified atom stereocenters. The minimum atomic E-state index is -0.549. The Labute approximate surface area is 255 Å². The molecule has 0 atom stereocenters. The number of fused-ring (bicyclic) bond motifs is 1. The van der Waals surface area contributed by atoms with Crippen molar-refractivity contribution in [1.82, 2.24) is 9.66 Å². The van der Waals surface area contributed by atoms with Crippen LogP contribution >= 0.6 is 47.8 Å². The first kappa shape index (κ1) is 29.9. The van der Waals surface area contributed by atoms with Crippen LogP contribution in [0.5, 0.6) is 11.5 Å². The number of amides is 1. The molecule has 0 saturated carbocycles. The predicted octanol–water partition coefficient (Wildman–Crippen LogP) is 7.24. The minimum Gasteiger partial charge on any atom is -0.490 e. The van der Waals surface area contributed by atoms with Crippen LogP contribution in [0.4, 0.5) is 10.1 Å². The van der Waals surface area contributed by atoms with Gasteiger partial charge in [-0.3, -0.25) is 9.59 Å². The molecule has 0 spiro atoms. The van der Waals surface area contributed by atoms with E-state index in [0.29, 0.717) is 43.6 Å². The number of nitrogens with one attached hydrogen (secondary N) is 1. The molecule has 4 rings (SSSR count). The summed E-state index contributed by atoms with van der Waals surface area (Å²) in [6.45, 7) is 5.62. The van der Waals surface area contributed by atoms with Gasteiger partial charge in [0, 0.05) is 20.4 Å². The van der Waals surface area contributed by atoms with Gasteiger partial charge in [0.25, 0.3) is 11.5 Å². The molecule has 0 aliphatic carbocycles. The molecule has 0 aliphatic heterocycles. The van der Waals surface area contributed by atoms with E-state index in [2.05, 4.69) is 63.2 Å². The summed E-state index contributed by atoms with van der Waals surface area (Å²) in [7, 11) is 0. The third kappa shape index (κ3) is 6.61. The molecule has 12 heteroatoms. The van der Waals surface area contributed by atoms with Crippen molar-refractivity contribution in [3.05, 3.63) is 89.5 Å². The number of rotatable bonds is 9. The summed E-state index contributed by atoms with van der Waals surface area (Å²) >= 11 is 10.5. The fourth-order valence-corrected chi connectivity index (χ4v) is 5.05. The number of aromatic nitrogens is 2. The number of carbonyl (C=O) groups excluding carboxylic acids is 1. The van der Waals surface area contributed by atoms with Crippen molar-refractivity contribution in [3.63, 3.8) is 0 Å². The number of hydrogen-bond donors (Lipinski definition) is 1. The van der Waals surface area contributed by atoms with E-state index >= 15 is 0 Å². The van der Waals surface area contributed by atoms with Crippen LogP contribution in [0, 0.1) is 5.82 Å². The molecule has 0 fully saturated rings. The van der Waals surface area contributed by atoms with Crippen LogP contribution in [-0.4, -0.2) is 35.0 Å². The van der Waals surface area contributed by atoms with E-state index < -0.39 is 18.3 Å². The van der Waals surface area contributed by atoms with E-state index in [9.17, 15) is 14.0 Å². The molecule has 40 heavy (non-hydrogen) atoms. The highest BCUT2D eigenvalue weighted by atomic mass is 79.9. The average Bonchev–Trinajstić information content (AvgIpc) is 2.92. The molecule has 0 saturated heterocycles. The van der Waals surface area contributed by atoms with Gasteiger partial charge >= 0.3 is 0 Å². The highest BCUT2D eigenvalue weighted by Gasteiger charge is 2.19. The first-order valence-electron chi connectivity index (χ1n) is 12.2. The summed E-state index contributed by atoms with van der Waals surface area (Å²) < 4.78 is 28.5. The summed E-state index contributed by atoms with van der Waals surface area (Å²) in [6, 6.07) is 12.9. The lowest BCUT2D eigenvalue weighted by atomic mass is 10.2. The normalized spacial score (nSPS) is 11.4. The van der Waals surface area contributed by atoms with E-state index in [4.69, 9.17) is 9.47 Å². The Morgan fingerprint density at radius 3 is 2.58 bits per heavy atom. The first-order valence-corrected chi connectivity index (χ1v) is 14.6. The van der Waals surface area contributed by atoms with Gasteiger partial charge in [-0.2, -0.15) is 9.78 Å². The second-order valence-electron chi connectivity index (χ2n) is 8.82. The quantitative estimate of drug-likeness (QED) is 0.183. The van der Waals surface area contributed by atoms with Crippen molar-refractivity contribution in [3.8, 4) is 11.5 Å². The molecule has 3 aromatic carbocycles. The molecule has 1 heterocycles. The monoisotopic (exact) mass is 736 g/mol. The Balaban J connectivity index is 1.67. The van der Waals surface area contributed by atoms with Crippen LogP contribution in [-0.2, 0) is 4.79 Å². The van der Waals surface area contributed by atoms with Crippen LogP contribution in [0.1, 0.15) is 38.1 Å². The Bertz CT molecular complexity index is 1670. The standard InChI is InChI=1S/C28H24Br3FN4O4/c1-4-39-22-11-16(13-33-36-27(15(2)3)35-20-10-9-17(29)12-18(20)28(36)38)24(30)25(31)26(22)40-14-23(37)34-21-8-6-5-7-19(21)32/h5-13,15H,4,14H2,1-3H3,(H,34,37). The van der Waals surface area contributed by atoms with Gasteiger partial charge in [-0.15, -0.1) is 0 Å². The van der Waals surface area contributed by atoms with Crippen molar-refractivity contribution in [1.29, 1.82) is 0 Å². The van der Waals surface area contributed by atoms with Gasteiger partial charge in [0.1, 0.15) is 11.6 Å². The minimum absolute atomic E-state index is 0.0551. The zero-order valence-corrected chi connectivity index (χ0v) is 26.4. The SMILES string of the molecule is CCOc1cc(C=Nn2c(C(C)C)nc3ccc(Br)cc3c2=O)c(Br)c(Br)c1OCC(=O)Nc1ccccc1F. The molecule has 1 amide bonds. The molecule has 1 aromatic heterocycles. The molecular formula is C28H24Br3FN4O4. The number of hydrogen-bond acceptors (Lipinski definition) is 6. The Hall–Kier alpha value is -3.09. The lowest BCUT2D eigenvalue weighted by Gasteiger charge is -2.16. The van der Waals surface area contributed by atoms with Gasteiger partial charge in [-0.05, 0) is 75.2 Å². The number of anilines is 1.